The molecule has 0 saturated heterocycles. The summed E-state index contributed by atoms with van der Waals surface area (Å²) in [6.07, 6.45) is 0. The van der Waals surface area contributed by atoms with Crippen molar-refractivity contribution < 1.29 is 4.42 Å². The molecule has 0 aliphatic heterocycles. The molecule has 0 N–H and O–H groups in total. The van der Waals surface area contributed by atoms with Crippen LogP contribution in [0.1, 0.15) is 0 Å². The van der Waals surface area contributed by atoms with Crippen LogP contribution < -0.4 is 4.90 Å². The van der Waals surface area contributed by atoms with Gasteiger partial charge in [0.25, 0.3) is 0 Å². The molecular formula is C52H33NOS. The van der Waals surface area contributed by atoms with Gasteiger partial charge in [-0.2, -0.15) is 0 Å². The molecule has 0 aliphatic carbocycles. The van der Waals surface area contributed by atoms with Crippen molar-refractivity contribution in [3.05, 3.63) is 200 Å². The molecule has 2 nitrogen and oxygen atoms in total. The first-order chi connectivity index (χ1) is 27.2. The van der Waals surface area contributed by atoms with Gasteiger partial charge in [0.2, 0.25) is 0 Å². The molecule has 2 aromatic heterocycles. The minimum atomic E-state index is 0.874. The zero-order valence-corrected chi connectivity index (χ0v) is 30.6. The fourth-order valence-electron chi connectivity index (χ4n) is 8.06. The minimum Gasteiger partial charge on any atom is -0.456 e. The van der Waals surface area contributed by atoms with E-state index in [9.17, 15) is 0 Å². The Morgan fingerprint density at radius 1 is 0.309 bits per heavy atom. The molecule has 0 bridgehead atoms. The third-order valence-corrected chi connectivity index (χ3v) is 12.0. The van der Waals surface area contributed by atoms with Crippen molar-refractivity contribution in [2.24, 2.45) is 0 Å². The maximum Gasteiger partial charge on any atom is 0.137 e. The summed E-state index contributed by atoms with van der Waals surface area (Å²) in [5.41, 5.74) is 12.2. The highest BCUT2D eigenvalue weighted by Crippen LogP contribution is 2.41. The van der Waals surface area contributed by atoms with E-state index in [2.05, 4.69) is 193 Å². The van der Waals surface area contributed by atoms with Gasteiger partial charge < -0.3 is 9.32 Å². The molecular weight excluding hydrogens is 687 g/mol. The van der Waals surface area contributed by atoms with Crippen molar-refractivity contribution >= 4 is 81.3 Å². The van der Waals surface area contributed by atoms with Gasteiger partial charge in [-0.05, 0) is 111 Å². The number of hydrogen-bond acceptors (Lipinski definition) is 3. The number of thiophene rings is 1. The smallest absolute Gasteiger partial charge is 0.137 e. The van der Waals surface area contributed by atoms with E-state index in [1.807, 2.05) is 23.5 Å². The van der Waals surface area contributed by atoms with Crippen LogP contribution in [0.2, 0.25) is 0 Å². The lowest BCUT2D eigenvalue weighted by atomic mass is 9.97. The van der Waals surface area contributed by atoms with Crippen LogP contribution in [0, 0.1) is 0 Å². The zero-order chi connectivity index (χ0) is 36.3. The van der Waals surface area contributed by atoms with E-state index >= 15 is 0 Å². The number of furan rings is 1. The van der Waals surface area contributed by atoms with Crippen molar-refractivity contribution in [2.75, 3.05) is 4.90 Å². The summed E-state index contributed by atoms with van der Waals surface area (Å²) < 4.78 is 9.01. The maximum atomic E-state index is 6.37. The van der Waals surface area contributed by atoms with Gasteiger partial charge in [-0.15, -0.1) is 11.3 Å². The van der Waals surface area contributed by atoms with E-state index in [1.165, 1.54) is 64.3 Å². The van der Waals surface area contributed by atoms with Crippen molar-refractivity contribution in [3.8, 4) is 33.4 Å². The number of fused-ring (bicyclic) bond motifs is 7. The Bertz CT molecular complexity index is 3210. The van der Waals surface area contributed by atoms with E-state index in [-0.39, 0.29) is 0 Å². The Morgan fingerprint density at radius 3 is 1.65 bits per heavy atom. The van der Waals surface area contributed by atoms with Gasteiger partial charge in [-0.25, -0.2) is 0 Å². The average molecular weight is 720 g/mol. The van der Waals surface area contributed by atoms with E-state index in [0.717, 1.165) is 39.0 Å². The Labute approximate surface area is 322 Å². The first kappa shape index (κ1) is 31.6. The van der Waals surface area contributed by atoms with Crippen molar-refractivity contribution in [3.63, 3.8) is 0 Å². The number of rotatable bonds is 6. The van der Waals surface area contributed by atoms with Crippen LogP contribution in [0.3, 0.4) is 0 Å². The summed E-state index contributed by atoms with van der Waals surface area (Å²) in [5.74, 6) is 0. The van der Waals surface area contributed by atoms with E-state index < -0.39 is 0 Å². The molecule has 3 heteroatoms. The second-order valence-electron chi connectivity index (χ2n) is 14.2. The van der Waals surface area contributed by atoms with Crippen molar-refractivity contribution in [1.29, 1.82) is 0 Å². The summed E-state index contributed by atoms with van der Waals surface area (Å²) in [5, 5.41) is 7.40. The normalized spacial score (nSPS) is 11.6. The molecule has 55 heavy (non-hydrogen) atoms. The summed E-state index contributed by atoms with van der Waals surface area (Å²) in [6.45, 7) is 0. The van der Waals surface area contributed by atoms with Crippen LogP contribution in [0.15, 0.2) is 205 Å². The largest absolute Gasteiger partial charge is 0.456 e. The van der Waals surface area contributed by atoms with Gasteiger partial charge >= 0.3 is 0 Å². The van der Waals surface area contributed by atoms with Gasteiger partial charge in [0.1, 0.15) is 11.2 Å². The molecule has 0 saturated carbocycles. The zero-order valence-electron chi connectivity index (χ0n) is 29.8. The first-order valence-electron chi connectivity index (χ1n) is 18.6. The Kier molecular flexibility index (Phi) is 7.39. The molecule has 0 spiro atoms. The molecule has 2 heterocycles. The molecule has 0 amide bonds. The number of para-hydroxylation sites is 1. The van der Waals surface area contributed by atoms with E-state index in [1.54, 1.807) is 0 Å². The quantitative estimate of drug-likeness (QED) is 0.170. The second kappa shape index (κ2) is 12.9. The topological polar surface area (TPSA) is 16.4 Å². The summed E-state index contributed by atoms with van der Waals surface area (Å²) in [7, 11) is 0. The predicted molar refractivity (Wildman–Crippen MR) is 235 cm³/mol. The fraction of sp³-hybridized carbons (Fsp3) is 0. The second-order valence-corrected chi connectivity index (χ2v) is 15.2. The first-order valence-corrected chi connectivity index (χ1v) is 19.5. The van der Waals surface area contributed by atoms with Crippen LogP contribution in [0.25, 0.3) is 86.3 Å². The van der Waals surface area contributed by atoms with Crippen molar-refractivity contribution in [1.82, 2.24) is 0 Å². The number of benzene rings is 9. The van der Waals surface area contributed by atoms with Gasteiger partial charge in [-0.3, -0.25) is 0 Å². The van der Waals surface area contributed by atoms with Gasteiger partial charge in [0, 0.05) is 54.1 Å². The number of nitrogens with zero attached hydrogens (tertiary/aromatic N) is 1. The monoisotopic (exact) mass is 719 g/mol. The third kappa shape index (κ3) is 5.56. The number of hydrogen-bond donors (Lipinski definition) is 0. The highest BCUT2D eigenvalue weighted by molar-refractivity contribution is 7.25. The van der Waals surface area contributed by atoms with Crippen LogP contribution >= 0.6 is 11.3 Å². The fourth-order valence-corrected chi connectivity index (χ4v) is 9.20. The van der Waals surface area contributed by atoms with Crippen molar-refractivity contribution in [2.45, 2.75) is 0 Å². The summed E-state index contributed by atoms with van der Waals surface area (Å²) in [4.78, 5) is 2.32. The minimum absolute atomic E-state index is 0.874. The Balaban J connectivity index is 0.969. The molecule has 0 fully saturated rings. The average Bonchev–Trinajstić information content (AvgIpc) is 3.82. The maximum absolute atomic E-state index is 6.37. The summed E-state index contributed by atoms with van der Waals surface area (Å²) in [6, 6.07) is 72.3. The molecule has 11 rings (SSSR count). The molecule has 0 atom stereocenters. The molecule has 0 radical (unpaired) electrons. The molecule has 0 aliphatic rings. The number of anilines is 3. The standard InChI is InChI=1S/C52H33NOS/c1-2-9-37-31-40(17-16-34(37)8-1)39-11-7-10-38(30-39)35-18-23-42(24-19-35)53(44-27-29-46-45-12-3-5-14-49(45)54-50(46)33-44)43-25-20-36(21-26-43)41-22-28-48-47-13-4-6-15-51(47)55-52(48)32-41/h1-33H. The molecule has 0 unspecified atom stereocenters. The SMILES string of the molecule is c1cc(-c2ccc(N(c3ccc(-c4ccc5c(c4)sc4ccccc45)cc3)c3ccc4c(c3)oc3ccccc34)cc2)cc(-c2ccc3ccccc3c2)c1. The lowest BCUT2D eigenvalue weighted by molar-refractivity contribution is 0.669. The lowest BCUT2D eigenvalue weighted by Crippen LogP contribution is -2.09. The van der Waals surface area contributed by atoms with Crippen LogP contribution in [0.5, 0.6) is 0 Å². The Morgan fingerprint density at radius 2 is 0.855 bits per heavy atom. The third-order valence-electron chi connectivity index (χ3n) is 10.9. The van der Waals surface area contributed by atoms with Gasteiger partial charge in [0.15, 0.2) is 0 Å². The summed E-state index contributed by atoms with van der Waals surface area (Å²) >= 11 is 1.86. The van der Waals surface area contributed by atoms with Gasteiger partial charge in [-0.1, -0.05) is 127 Å². The van der Waals surface area contributed by atoms with Crippen LogP contribution in [-0.2, 0) is 0 Å². The molecule has 9 aromatic carbocycles. The van der Waals surface area contributed by atoms with Crippen LogP contribution in [0.4, 0.5) is 17.1 Å². The van der Waals surface area contributed by atoms with E-state index in [0.29, 0.717) is 0 Å². The highest BCUT2D eigenvalue weighted by atomic mass is 32.1. The Hall–Kier alpha value is -6.94. The predicted octanol–water partition coefficient (Wildman–Crippen LogP) is 15.6. The molecule has 11 aromatic rings. The molecule has 258 valence electrons. The van der Waals surface area contributed by atoms with Crippen LogP contribution in [-0.4, -0.2) is 0 Å². The van der Waals surface area contributed by atoms with Gasteiger partial charge in [0.05, 0.1) is 0 Å². The highest BCUT2D eigenvalue weighted by Gasteiger charge is 2.17. The van der Waals surface area contributed by atoms with E-state index in [4.69, 9.17) is 4.42 Å². The lowest BCUT2D eigenvalue weighted by Gasteiger charge is -2.26.